The third kappa shape index (κ3) is 4.13. The lowest BCUT2D eigenvalue weighted by atomic mass is 10.1. The molecule has 0 radical (unpaired) electrons. The van der Waals surface area contributed by atoms with Crippen molar-refractivity contribution in [1.82, 2.24) is 19.7 Å². The fourth-order valence-corrected chi connectivity index (χ4v) is 4.55. The van der Waals surface area contributed by atoms with Gasteiger partial charge in [-0.25, -0.2) is 4.98 Å². The van der Waals surface area contributed by atoms with Crippen LogP contribution in [0, 0.1) is 25.5 Å². The Morgan fingerprint density at radius 1 is 1.17 bits per heavy atom. The van der Waals surface area contributed by atoms with Crippen LogP contribution >= 0.6 is 23.6 Å². The number of amides is 1. The Bertz CT molecular complexity index is 1250. The maximum Gasteiger partial charge on any atom is 0.227 e. The third-order valence-corrected chi connectivity index (χ3v) is 5.94. The molecule has 0 fully saturated rings. The van der Waals surface area contributed by atoms with Crippen molar-refractivity contribution in [3.05, 3.63) is 57.9 Å². The first-order chi connectivity index (χ1) is 13.9. The molecule has 8 heteroatoms. The Kier molecular flexibility index (Phi) is 5.29. The number of nitrogens with zero attached hydrogens (tertiary/aromatic N) is 3. The van der Waals surface area contributed by atoms with Crippen molar-refractivity contribution < 1.29 is 4.79 Å². The molecule has 4 aromatic rings. The standard InChI is InChI=1S/C21H21N5OS2/c1-12-4-6-15(7-5-12)19-24-25-21(28)26(19)9-8-17(27)22-20-23-18-14(3)10-13(2)11-16(18)29-20/h4-7,10-11H,8-9H2,1-3H3,(H,25,28)(H,22,23,27). The number of hydrogen-bond acceptors (Lipinski definition) is 5. The van der Waals surface area contributed by atoms with E-state index < -0.39 is 0 Å². The molecule has 2 N–H and O–H groups in total. The number of benzene rings is 2. The summed E-state index contributed by atoms with van der Waals surface area (Å²) in [5.74, 6) is 0.630. The first kappa shape index (κ1) is 19.5. The molecule has 2 aromatic heterocycles. The van der Waals surface area contributed by atoms with Crippen LogP contribution in [0.2, 0.25) is 0 Å². The van der Waals surface area contributed by atoms with Gasteiger partial charge in [0.05, 0.1) is 10.2 Å². The second kappa shape index (κ2) is 7.88. The zero-order valence-electron chi connectivity index (χ0n) is 16.4. The number of carbonyl (C=O) groups is 1. The Morgan fingerprint density at radius 2 is 1.93 bits per heavy atom. The summed E-state index contributed by atoms with van der Waals surface area (Å²) < 4.78 is 3.43. The van der Waals surface area contributed by atoms with E-state index in [0.717, 1.165) is 27.2 Å². The van der Waals surface area contributed by atoms with E-state index in [1.807, 2.05) is 42.7 Å². The molecule has 1 amide bonds. The first-order valence-corrected chi connectivity index (χ1v) is 10.5. The van der Waals surface area contributed by atoms with Gasteiger partial charge >= 0.3 is 0 Å². The van der Waals surface area contributed by atoms with Crippen LogP contribution in [0.1, 0.15) is 23.1 Å². The van der Waals surface area contributed by atoms with Crippen LogP contribution in [0.4, 0.5) is 5.13 Å². The Morgan fingerprint density at radius 3 is 2.69 bits per heavy atom. The van der Waals surface area contributed by atoms with Crippen LogP contribution in [-0.4, -0.2) is 25.7 Å². The van der Waals surface area contributed by atoms with Crippen LogP contribution in [0.3, 0.4) is 0 Å². The predicted octanol–water partition coefficient (Wildman–Crippen LogP) is 5.17. The summed E-state index contributed by atoms with van der Waals surface area (Å²) in [5, 5.41) is 10.7. The Labute approximate surface area is 177 Å². The molecule has 0 saturated carbocycles. The molecular formula is C21H21N5OS2. The van der Waals surface area contributed by atoms with E-state index in [9.17, 15) is 4.79 Å². The normalized spacial score (nSPS) is 11.1. The molecular weight excluding hydrogens is 402 g/mol. The van der Waals surface area contributed by atoms with Gasteiger partial charge in [-0.2, -0.15) is 5.10 Å². The van der Waals surface area contributed by atoms with Gasteiger partial charge in [-0.1, -0.05) is 47.2 Å². The number of aromatic amines is 1. The Balaban J connectivity index is 1.48. The third-order valence-electron chi connectivity index (χ3n) is 4.71. The molecule has 6 nitrogen and oxygen atoms in total. The quantitative estimate of drug-likeness (QED) is 0.434. The van der Waals surface area contributed by atoms with Gasteiger partial charge in [0, 0.05) is 18.5 Å². The van der Waals surface area contributed by atoms with Crippen molar-refractivity contribution in [3.8, 4) is 11.4 Å². The van der Waals surface area contributed by atoms with E-state index in [4.69, 9.17) is 12.2 Å². The number of thiazole rings is 1. The topological polar surface area (TPSA) is 75.6 Å². The van der Waals surface area contributed by atoms with E-state index in [-0.39, 0.29) is 12.3 Å². The fourth-order valence-electron chi connectivity index (χ4n) is 3.27. The van der Waals surface area contributed by atoms with Gasteiger partial charge in [0.25, 0.3) is 0 Å². The summed E-state index contributed by atoms with van der Waals surface area (Å²) >= 11 is 6.85. The minimum absolute atomic E-state index is 0.101. The maximum atomic E-state index is 12.5. The summed E-state index contributed by atoms with van der Waals surface area (Å²) in [5.41, 5.74) is 5.38. The lowest BCUT2D eigenvalue weighted by Gasteiger charge is -2.07. The summed E-state index contributed by atoms with van der Waals surface area (Å²) in [4.78, 5) is 17.1. The highest BCUT2D eigenvalue weighted by molar-refractivity contribution is 7.71. The number of H-pyrrole nitrogens is 1. The van der Waals surface area contributed by atoms with Gasteiger partial charge in [-0.15, -0.1) is 0 Å². The van der Waals surface area contributed by atoms with E-state index in [0.29, 0.717) is 16.4 Å². The maximum absolute atomic E-state index is 12.5. The lowest BCUT2D eigenvalue weighted by Crippen LogP contribution is -2.15. The highest BCUT2D eigenvalue weighted by Crippen LogP contribution is 2.29. The minimum Gasteiger partial charge on any atom is -0.302 e. The average molecular weight is 424 g/mol. The summed E-state index contributed by atoms with van der Waals surface area (Å²) in [6.07, 6.45) is 0.278. The van der Waals surface area contributed by atoms with Crippen molar-refractivity contribution >= 4 is 44.8 Å². The highest BCUT2D eigenvalue weighted by atomic mass is 32.1. The minimum atomic E-state index is -0.101. The summed E-state index contributed by atoms with van der Waals surface area (Å²) in [6.45, 7) is 6.57. The van der Waals surface area contributed by atoms with Gasteiger partial charge < -0.3 is 5.32 Å². The average Bonchev–Trinajstić information content (AvgIpc) is 3.24. The molecule has 0 atom stereocenters. The number of rotatable bonds is 5. The monoisotopic (exact) mass is 423 g/mol. The van der Waals surface area contributed by atoms with E-state index in [1.165, 1.54) is 22.5 Å². The van der Waals surface area contributed by atoms with Crippen LogP contribution in [-0.2, 0) is 11.3 Å². The molecule has 2 heterocycles. The predicted molar refractivity (Wildman–Crippen MR) is 120 cm³/mol. The lowest BCUT2D eigenvalue weighted by molar-refractivity contribution is -0.116. The summed E-state index contributed by atoms with van der Waals surface area (Å²) in [6, 6.07) is 12.3. The number of carbonyl (C=O) groups excluding carboxylic acids is 1. The SMILES string of the molecule is Cc1ccc(-c2n[nH]c(=S)n2CCC(=O)Nc2nc3c(C)cc(C)cc3s2)cc1. The molecule has 4 rings (SSSR count). The van der Waals surface area contributed by atoms with Gasteiger partial charge in [0.1, 0.15) is 0 Å². The second-order valence-corrected chi connectivity index (χ2v) is 8.53. The van der Waals surface area contributed by atoms with Crippen molar-refractivity contribution in [3.63, 3.8) is 0 Å². The van der Waals surface area contributed by atoms with Gasteiger partial charge in [0.15, 0.2) is 15.7 Å². The van der Waals surface area contributed by atoms with Crippen molar-refractivity contribution in [2.24, 2.45) is 0 Å². The summed E-state index contributed by atoms with van der Waals surface area (Å²) in [7, 11) is 0. The molecule has 0 aliphatic heterocycles. The molecule has 2 aromatic carbocycles. The van der Waals surface area contributed by atoms with Crippen LogP contribution in [0.25, 0.3) is 21.6 Å². The van der Waals surface area contributed by atoms with Crippen LogP contribution in [0.15, 0.2) is 36.4 Å². The second-order valence-electron chi connectivity index (χ2n) is 7.12. The van der Waals surface area contributed by atoms with E-state index in [1.54, 1.807) is 0 Å². The zero-order chi connectivity index (χ0) is 20.5. The number of fused-ring (bicyclic) bond motifs is 1. The molecule has 0 saturated heterocycles. The number of aromatic nitrogens is 4. The number of nitrogens with one attached hydrogen (secondary N) is 2. The number of aryl methyl sites for hydroxylation is 3. The van der Waals surface area contributed by atoms with Gasteiger partial charge in [-0.3, -0.25) is 14.5 Å². The van der Waals surface area contributed by atoms with E-state index in [2.05, 4.69) is 39.6 Å². The van der Waals surface area contributed by atoms with Crippen LogP contribution < -0.4 is 5.32 Å². The smallest absolute Gasteiger partial charge is 0.227 e. The molecule has 29 heavy (non-hydrogen) atoms. The Hall–Kier alpha value is -2.84. The van der Waals surface area contributed by atoms with Crippen molar-refractivity contribution in [1.29, 1.82) is 0 Å². The van der Waals surface area contributed by atoms with E-state index >= 15 is 0 Å². The van der Waals surface area contributed by atoms with Crippen molar-refractivity contribution in [2.45, 2.75) is 33.7 Å². The molecule has 0 aliphatic carbocycles. The van der Waals surface area contributed by atoms with Gasteiger partial charge in [0.2, 0.25) is 5.91 Å². The molecule has 0 aliphatic rings. The molecule has 0 bridgehead atoms. The highest BCUT2D eigenvalue weighted by Gasteiger charge is 2.13. The van der Waals surface area contributed by atoms with Gasteiger partial charge in [-0.05, 0) is 50.2 Å². The number of anilines is 1. The van der Waals surface area contributed by atoms with Crippen molar-refractivity contribution in [2.75, 3.05) is 5.32 Å². The first-order valence-electron chi connectivity index (χ1n) is 9.30. The number of hydrogen-bond donors (Lipinski definition) is 2. The zero-order valence-corrected chi connectivity index (χ0v) is 18.1. The molecule has 0 spiro atoms. The van der Waals surface area contributed by atoms with Crippen LogP contribution in [0.5, 0.6) is 0 Å². The molecule has 0 unspecified atom stereocenters. The largest absolute Gasteiger partial charge is 0.302 e. The molecule has 148 valence electrons. The fraction of sp³-hybridized carbons (Fsp3) is 0.238.